The van der Waals surface area contributed by atoms with Gasteiger partial charge in [-0.2, -0.15) is 0 Å². The topological polar surface area (TPSA) is 24.9 Å². The Morgan fingerprint density at radius 3 is 3.17 bits per heavy atom. The highest BCUT2D eigenvalue weighted by Gasteiger charge is 2.08. The molecule has 1 unspecified atom stereocenters. The van der Waals surface area contributed by atoms with Crippen molar-refractivity contribution in [2.24, 2.45) is 0 Å². The number of aromatic nitrogens is 1. The Morgan fingerprint density at radius 1 is 1.50 bits per heavy atom. The lowest BCUT2D eigenvalue weighted by molar-refractivity contribution is 0.599. The lowest BCUT2D eigenvalue weighted by Crippen LogP contribution is -2.23. The molecule has 12 heavy (non-hydrogen) atoms. The highest BCUT2D eigenvalue weighted by atomic mass is 14.9. The van der Waals surface area contributed by atoms with Crippen LogP contribution in [0.15, 0.2) is 36.7 Å². The molecule has 0 fully saturated rings. The lowest BCUT2D eigenvalue weighted by Gasteiger charge is -2.17. The molecule has 1 aromatic rings. The molecule has 0 amide bonds. The number of nitrogens with zero attached hydrogens (tertiary/aromatic N) is 1. The Hall–Kier alpha value is -1.15. The van der Waals surface area contributed by atoms with Crippen LogP contribution < -0.4 is 5.32 Å². The summed E-state index contributed by atoms with van der Waals surface area (Å²) in [7, 11) is 0. The number of hydrogen-bond donors (Lipinski definition) is 1. The number of pyridine rings is 1. The molecule has 62 valence electrons. The van der Waals surface area contributed by atoms with E-state index < -0.39 is 0 Å². The standard InChI is InChI=1S/C10H12N2/c1-2-7-12-10(5-1)9-4-3-6-11-8-9/h1,3-6,8,10,12H,2,7H2. The Balaban J connectivity index is 2.19. The van der Waals surface area contributed by atoms with E-state index in [1.165, 1.54) is 5.56 Å². The van der Waals surface area contributed by atoms with Crippen LogP contribution in [0.25, 0.3) is 0 Å². The molecule has 2 heterocycles. The summed E-state index contributed by atoms with van der Waals surface area (Å²) < 4.78 is 0. The molecule has 2 rings (SSSR count). The fourth-order valence-electron chi connectivity index (χ4n) is 1.41. The number of hydrogen-bond acceptors (Lipinski definition) is 2. The Morgan fingerprint density at radius 2 is 2.50 bits per heavy atom. The predicted molar refractivity (Wildman–Crippen MR) is 48.7 cm³/mol. The van der Waals surface area contributed by atoms with Gasteiger partial charge in [0, 0.05) is 12.4 Å². The molecular weight excluding hydrogens is 148 g/mol. The summed E-state index contributed by atoms with van der Waals surface area (Å²) in [6.07, 6.45) is 9.26. The van der Waals surface area contributed by atoms with Crippen LogP contribution in [0.1, 0.15) is 18.0 Å². The average molecular weight is 160 g/mol. The van der Waals surface area contributed by atoms with Gasteiger partial charge in [-0.1, -0.05) is 18.2 Å². The molecule has 0 aliphatic carbocycles. The maximum Gasteiger partial charge on any atom is 0.0521 e. The van der Waals surface area contributed by atoms with E-state index in [-0.39, 0.29) is 0 Å². The summed E-state index contributed by atoms with van der Waals surface area (Å²) in [6, 6.07) is 4.44. The van der Waals surface area contributed by atoms with Crippen molar-refractivity contribution in [3.05, 3.63) is 42.2 Å². The molecule has 1 aliphatic rings. The molecule has 1 aromatic heterocycles. The van der Waals surface area contributed by atoms with Crippen LogP contribution in [-0.4, -0.2) is 11.5 Å². The van der Waals surface area contributed by atoms with Crippen LogP contribution in [0.4, 0.5) is 0 Å². The second kappa shape index (κ2) is 3.50. The molecule has 1 aliphatic heterocycles. The fourth-order valence-corrected chi connectivity index (χ4v) is 1.41. The molecule has 0 bridgehead atoms. The van der Waals surface area contributed by atoms with Gasteiger partial charge in [0.05, 0.1) is 6.04 Å². The van der Waals surface area contributed by atoms with Crippen molar-refractivity contribution >= 4 is 0 Å². The second-order valence-electron chi connectivity index (χ2n) is 2.93. The first-order valence-electron chi connectivity index (χ1n) is 4.27. The van der Waals surface area contributed by atoms with E-state index in [2.05, 4.69) is 28.5 Å². The van der Waals surface area contributed by atoms with Crippen LogP contribution in [0.5, 0.6) is 0 Å². The average Bonchev–Trinajstić information content (AvgIpc) is 2.21. The lowest BCUT2D eigenvalue weighted by atomic mass is 10.1. The van der Waals surface area contributed by atoms with Crippen LogP contribution in [0.3, 0.4) is 0 Å². The smallest absolute Gasteiger partial charge is 0.0521 e. The molecule has 0 radical (unpaired) electrons. The summed E-state index contributed by atoms with van der Waals surface area (Å²) in [4.78, 5) is 4.09. The van der Waals surface area contributed by atoms with E-state index in [0.717, 1.165) is 13.0 Å². The number of rotatable bonds is 1. The molecule has 0 saturated carbocycles. The normalized spacial score (nSPS) is 22.5. The van der Waals surface area contributed by atoms with E-state index in [4.69, 9.17) is 0 Å². The minimum absolute atomic E-state index is 0.368. The maximum atomic E-state index is 4.09. The third-order valence-electron chi connectivity index (χ3n) is 2.05. The van der Waals surface area contributed by atoms with Crippen molar-refractivity contribution in [2.45, 2.75) is 12.5 Å². The van der Waals surface area contributed by atoms with Crippen LogP contribution in [0, 0.1) is 0 Å². The van der Waals surface area contributed by atoms with Crippen LogP contribution in [-0.2, 0) is 0 Å². The largest absolute Gasteiger partial charge is 0.306 e. The molecule has 0 spiro atoms. The highest BCUT2D eigenvalue weighted by Crippen LogP contribution is 2.15. The predicted octanol–water partition coefficient (Wildman–Crippen LogP) is 1.67. The third-order valence-corrected chi connectivity index (χ3v) is 2.05. The quantitative estimate of drug-likeness (QED) is 0.632. The van der Waals surface area contributed by atoms with E-state index in [0.29, 0.717) is 6.04 Å². The zero-order valence-electron chi connectivity index (χ0n) is 6.90. The van der Waals surface area contributed by atoms with Gasteiger partial charge in [0.25, 0.3) is 0 Å². The fraction of sp³-hybridized carbons (Fsp3) is 0.300. The van der Waals surface area contributed by atoms with Gasteiger partial charge in [-0.25, -0.2) is 0 Å². The van der Waals surface area contributed by atoms with E-state index >= 15 is 0 Å². The van der Waals surface area contributed by atoms with Crippen molar-refractivity contribution in [1.29, 1.82) is 0 Å². The molecule has 1 N–H and O–H groups in total. The summed E-state index contributed by atoms with van der Waals surface area (Å²) in [5, 5.41) is 3.41. The minimum atomic E-state index is 0.368. The van der Waals surface area contributed by atoms with Gasteiger partial charge in [-0.05, 0) is 24.6 Å². The first-order valence-corrected chi connectivity index (χ1v) is 4.27. The van der Waals surface area contributed by atoms with Crippen molar-refractivity contribution in [1.82, 2.24) is 10.3 Å². The van der Waals surface area contributed by atoms with Gasteiger partial charge in [0.1, 0.15) is 0 Å². The van der Waals surface area contributed by atoms with Crippen LogP contribution >= 0.6 is 0 Å². The maximum absolute atomic E-state index is 4.09. The summed E-state index contributed by atoms with van der Waals surface area (Å²) >= 11 is 0. The van der Waals surface area contributed by atoms with Crippen molar-refractivity contribution in [3.8, 4) is 0 Å². The second-order valence-corrected chi connectivity index (χ2v) is 2.93. The minimum Gasteiger partial charge on any atom is -0.306 e. The molecule has 0 aromatic carbocycles. The van der Waals surface area contributed by atoms with E-state index in [1.54, 1.807) is 6.20 Å². The number of nitrogens with one attached hydrogen (secondary N) is 1. The zero-order valence-corrected chi connectivity index (χ0v) is 6.90. The summed E-state index contributed by atoms with van der Waals surface area (Å²) in [6.45, 7) is 1.07. The first-order chi connectivity index (χ1) is 5.97. The van der Waals surface area contributed by atoms with Gasteiger partial charge in [-0.3, -0.25) is 4.98 Å². The van der Waals surface area contributed by atoms with Crippen LogP contribution in [0.2, 0.25) is 0 Å². The van der Waals surface area contributed by atoms with Gasteiger partial charge < -0.3 is 5.32 Å². The highest BCUT2D eigenvalue weighted by molar-refractivity contribution is 5.20. The van der Waals surface area contributed by atoms with Gasteiger partial charge in [-0.15, -0.1) is 0 Å². The first kappa shape index (κ1) is 7.50. The summed E-state index contributed by atoms with van der Waals surface area (Å²) in [5.74, 6) is 0. The van der Waals surface area contributed by atoms with Crippen molar-refractivity contribution in [3.63, 3.8) is 0 Å². The zero-order chi connectivity index (χ0) is 8.23. The van der Waals surface area contributed by atoms with Crippen molar-refractivity contribution in [2.75, 3.05) is 6.54 Å². The molecule has 2 nitrogen and oxygen atoms in total. The van der Waals surface area contributed by atoms with Gasteiger partial charge in [0.15, 0.2) is 0 Å². The Bertz CT molecular complexity index is 266. The van der Waals surface area contributed by atoms with Gasteiger partial charge >= 0.3 is 0 Å². The van der Waals surface area contributed by atoms with Gasteiger partial charge in [0.2, 0.25) is 0 Å². The van der Waals surface area contributed by atoms with E-state index in [9.17, 15) is 0 Å². The molecular formula is C10H12N2. The molecule has 0 saturated heterocycles. The monoisotopic (exact) mass is 160 g/mol. The molecule has 2 heteroatoms. The third kappa shape index (κ3) is 1.53. The SMILES string of the molecule is C1=CC(c2cccnc2)NCC1. The van der Waals surface area contributed by atoms with E-state index in [1.807, 2.05) is 12.3 Å². The Kier molecular flexibility index (Phi) is 2.19. The van der Waals surface area contributed by atoms with Crippen molar-refractivity contribution < 1.29 is 0 Å². The molecule has 1 atom stereocenters. The summed E-state index contributed by atoms with van der Waals surface area (Å²) in [5.41, 5.74) is 1.24. The Labute approximate surface area is 72.3 Å².